The van der Waals surface area contributed by atoms with Crippen LogP contribution in [0.2, 0.25) is 0 Å². The van der Waals surface area contributed by atoms with E-state index in [1.54, 1.807) is 12.4 Å². The van der Waals surface area contributed by atoms with Crippen LogP contribution in [0.15, 0.2) is 55.0 Å². The van der Waals surface area contributed by atoms with Gasteiger partial charge in [-0.15, -0.1) is 0 Å². The minimum atomic E-state index is -0.363. The maximum atomic E-state index is 13.0. The number of rotatable bonds is 3. The molecule has 2 aromatic heterocycles. The number of fused-ring (bicyclic) bond motifs is 1. The van der Waals surface area contributed by atoms with Crippen LogP contribution in [-0.4, -0.2) is 9.97 Å². The van der Waals surface area contributed by atoms with Crippen LogP contribution >= 0.6 is 0 Å². The van der Waals surface area contributed by atoms with Crippen molar-refractivity contribution in [2.75, 3.05) is 0 Å². The summed E-state index contributed by atoms with van der Waals surface area (Å²) in [5, 5.41) is 1.01. The molecule has 19 heavy (non-hydrogen) atoms. The Balaban J connectivity index is 1.78. The van der Waals surface area contributed by atoms with Crippen LogP contribution in [0.1, 0.15) is 5.56 Å². The van der Waals surface area contributed by atoms with Crippen molar-refractivity contribution in [2.24, 2.45) is 0 Å². The molecular formula is C15H11FN2O. The number of hydrogen-bond acceptors (Lipinski definition) is 3. The van der Waals surface area contributed by atoms with Gasteiger partial charge in [0.2, 0.25) is 0 Å². The molecule has 0 saturated carbocycles. The molecular weight excluding hydrogens is 243 g/mol. The van der Waals surface area contributed by atoms with Crippen molar-refractivity contribution >= 4 is 10.9 Å². The molecule has 0 fully saturated rings. The molecule has 0 atom stereocenters. The summed E-state index contributed by atoms with van der Waals surface area (Å²) in [6.07, 6.45) is 4.41. The number of hydrogen-bond donors (Lipinski definition) is 0. The van der Waals surface area contributed by atoms with Gasteiger partial charge >= 0.3 is 0 Å². The second-order valence-electron chi connectivity index (χ2n) is 4.16. The molecule has 0 unspecified atom stereocenters. The Kier molecular flexibility index (Phi) is 3.06. The maximum absolute atomic E-state index is 13.0. The van der Waals surface area contributed by atoms with Gasteiger partial charge in [-0.2, -0.15) is 0 Å². The Morgan fingerprint density at radius 2 is 1.95 bits per heavy atom. The van der Waals surface area contributed by atoms with E-state index in [4.69, 9.17) is 4.74 Å². The van der Waals surface area contributed by atoms with Crippen LogP contribution in [-0.2, 0) is 6.61 Å². The van der Waals surface area contributed by atoms with E-state index in [2.05, 4.69) is 9.97 Å². The fourth-order valence-electron chi connectivity index (χ4n) is 1.83. The summed E-state index contributed by atoms with van der Waals surface area (Å²) in [6, 6.07) is 11.1. The van der Waals surface area contributed by atoms with Crippen molar-refractivity contribution in [2.45, 2.75) is 6.61 Å². The topological polar surface area (TPSA) is 35.0 Å². The van der Waals surface area contributed by atoms with Gasteiger partial charge in [-0.1, -0.05) is 18.2 Å². The van der Waals surface area contributed by atoms with E-state index in [9.17, 15) is 4.39 Å². The highest BCUT2D eigenvalue weighted by Gasteiger charge is 2.00. The standard InChI is InChI=1S/C15H11FN2O/c16-13-5-11(7-17-8-13)10-19-14-6-12-3-1-2-4-15(12)18-9-14/h1-9H,10H2. The lowest BCUT2D eigenvalue weighted by Gasteiger charge is -2.06. The zero-order valence-electron chi connectivity index (χ0n) is 10.1. The number of benzene rings is 1. The number of ether oxygens (including phenoxy) is 1. The Morgan fingerprint density at radius 3 is 2.84 bits per heavy atom. The molecule has 0 bridgehead atoms. The van der Waals surface area contributed by atoms with Gasteiger partial charge in [-0.3, -0.25) is 9.97 Å². The van der Waals surface area contributed by atoms with Gasteiger partial charge < -0.3 is 4.74 Å². The van der Waals surface area contributed by atoms with Gasteiger partial charge in [-0.25, -0.2) is 4.39 Å². The van der Waals surface area contributed by atoms with Crippen molar-refractivity contribution in [1.82, 2.24) is 9.97 Å². The third kappa shape index (κ3) is 2.68. The van der Waals surface area contributed by atoms with E-state index in [0.717, 1.165) is 10.9 Å². The van der Waals surface area contributed by atoms with Gasteiger partial charge in [0, 0.05) is 17.1 Å². The normalized spacial score (nSPS) is 10.6. The lowest BCUT2D eigenvalue weighted by Crippen LogP contribution is -1.97. The Labute approximate surface area is 109 Å². The highest BCUT2D eigenvalue weighted by atomic mass is 19.1. The van der Waals surface area contributed by atoms with Crippen molar-refractivity contribution in [3.63, 3.8) is 0 Å². The first kappa shape index (κ1) is 11.6. The second kappa shape index (κ2) is 5.02. The molecule has 3 nitrogen and oxygen atoms in total. The van der Waals surface area contributed by atoms with Gasteiger partial charge in [0.15, 0.2) is 0 Å². The first-order valence-corrected chi connectivity index (χ1v) is 5.88. The molecule has 0 N–H and O–H groups in total. The van der Waals surface area contributed by atoms with E-state index < -0.39 is 0 Å². The van der Waals surface area contributed by atoms with E-state index >= 15 is 0 Å². The summed E-state index contributed by atoms with van der Waals surface area (Å²) in [4.78, 5) is 8.07. The third-order valence-electron chi connectivity index (χ3n) is 2.73. The lowest BCUT2D eigenvalue weighted by molar-refractivity contribution is 0.304. The van der Waals surface area contributed by atoms with E-state index in [1.165, 1.54) is 12.3 Å². The average molecular weight is 254 g/mol. The molecule has 94 valence electrons. The van der Waals surface area contributed by atoms with Crippen molar-refractivity contribution < 1.29 is 9.13 Å². The van der Waals surface area contributed by atoms with Gasteiger partial charge in [0.1, 0.15) is 18.2 Å². The number of para-hydroxylation sites is 1. The first-order valence-electron chi connectivity index (χ1n) is 5.88. The number of pyridine rings is 2. The van der Waals surface area contributed by atoms with Crippen molar-refractivity contribution in [3.05, 3.63) is 66.4 Å². The van der Waals surface area contributed by atoms with Gasteiger partial charge in [-0.05, 0) is 18.2 Å². The van der Waals surface area contributed by atoms with Crippen molar-refractivity contribution in [3.8, 4) is 5.75 Å². The van der Waals surface area contributed by atoms with Crippen LogP contribution in [0.4, 0.5) is 4.39 Å². The van der Waals surface area contributed by atoms with Crippen LogP contribution in [0, 0.1) is 5.82 Å². The predicted octanol–water partition coefficient (Wildman–Crippen LogP) is 3.35. The number of nitrogens with zero attached hydrogens (tertiary/aromatic N) is 2. The lowest BCUT2D eigenvalue weighted by atomic mass is 10.2. The monoisotopic (exact) mass is 254 g/mol. The highest BCUT2D eigenvalue weighted by Crippen LogP contribution is 2.18. The van der Waals surface area contributed by atoms with Gasteiger partial charge in [0.25, 0.3) is 0 Å². The molecule has 3 rings (SSSR count). The summed E-state index contributed by atoms with van der Waals surface area (Å²) in [5.41, 5.74) is 1.61. The predicted molar refractivity (Wildman–Crippen MR) is 70.3 cm³/mol. The molecule has 4 heteroatoms. The van der Waals surface area contributed by atoms with Crippen LogP contribution < -0.4 is 4.74 Å². The van der Waals surface area contributed by atoms with E-state index in [0.29, 0.717) is 11.3 Å². The highest BCUT2D eigenvalue weighted by molar-refractivity contribution is 5.79. The number of aromatic nitrogens is 2. The smallest absolute Gasteiger partial charge is 0.141 e. The molecule has 0 saturated heterocycles. The minimum Gasteiger partial charge on any atom is -0.487 e. The average Bonchev–Trinajstić information content (AvgIpc) is 2.45. The first-order chi connectivity index (χ1) is 9.31. The Bertz CT molecular complexity index is 715. The molecule has 1 aromatic carbocycles. The van der Waals surface area contributed by atoms with Crippen LogP contribution in [0.3, 0.4) is 0 Å². The second-order valence-corrected chi connectivity index (χ2v) is 4.16. The zero-order valence-corrected chi connectivity index (χ0v) is 10.1. The molecule has 3 aromatic rings. The SMILES string of the molecule is Fc1cncc(COc2cnc3ccccc3c2)c1. The zero-order chi connectivity index (χ0) is 13.1. The fourth-order valence-corrected chi connectivity index (χ4v) is 1.83. The van der Waals surface area contributed by atoms with Crippen molar-refractivity contribution in [1.29, 1.82) is 0 Å². The fraction of sp³-hybridized carbons (Fsp3) is 0.0667. The molecule has 0 aliphatic rings. The maximum Gasteiger partial charge on any atom is 0.141 e. The molecule has 0 amide bonds. The quantitative estimate of drug-likeness (QED) is 0.719. The van der Waals surface area contributed by atoms with E-state index in [1.807, 2.05) is 30.3 Å². The van der Waals surface area contributed by atoms with Crippen LogP contribution in [0.25, 0.3) is 10.9 Å². The molecule has 0 spiro atoms. The summed E-state index contributed by atoms with van der Waals surface area (Å²) in [7, 11) is 0. The molecule has 0 radical (unpaired) electrons. The summed E-state index contributed by atoms with van der Waals surface area (Å²) < 4.78 is 18.6. The van der Waals surface area contributed by atoms with Gasteiger partial charge in [0.05, 0.1) is 17.9 Å². The molecule has 0 aliphatic carbocycles. The van der Waals surface area contributed by atoms with Crippen LogP contribution in [0.5, 0.6) is 5.75 Å². The summed E-state index contributed by atoms with van der Waals surface area (Å²) >= 11 is 0. The molecule has 2 heterocycles. The minimum absolute atomic E-state index is 0.269. The summed E-state index contributed by atoms with van der Waals surface area (Å²) in [5.74, 6) is 0.292. The number of halogens is 1. The van der Waals surface area contributed by atoms with E-state index in [-0.39, 0.29) is 12.4 Å². The summed E-state index contributed by atoms with van der Waals surface area (Å²) in [6.45, 7) is 0.269. The molecule has 0 aliphatic heterocycles. The largest absolute Gasteiger partial charge is 0.487 e. The Hall–Kier alpha value is -2.49. The Morgan fingerprint density at radius 1 is 1.05 bits per heavy atom. The third-order valence-corrected chi connectivity index (χ3v) is 2.73.